The van der Waals surface area contributed by atoms with Crippen molar-refractivity contribution in [3.63, 3.8) is 0 Å². The molecule has 1 saturated carbocycles. The van der Waals surface area contributed by atoms with Crippen LogP contribution >= 0.6 is 0 Å². The van der Waals surface area contributed by atoms with Gasteiger partial charge in [0.2, 0.25) is 5.75 Å². The smallest absolute Gasteiger partial charge is 0.203 e. The molecule has 0 amide bonds. The number of hydrogen-bond donors (Lipinski definition) is 1. The first-order valence-electron chi connectivity index (χ1n) is 7.61. The molecule has 2 rings (SSSR count). The molecule has 118 valence electrons. The molecule has 0 bridgehead atoms. The fourth-order valence-electron chi connectivity index (χ4n) is 2.87. The molecule has 0 heterocycles. The lowest BCUT2D eigenvalue weighted by atomic mass is 9.73. The Hall–Kier alpha value is -1.42. The minimum Gasteiger partial charge on any atom is -0.493 e. The van der Waals surface area contributed by atoms with Crippen LogP contribution in [0.25, 0.3) is 0 Å². The van der Waals surface area contributed by atoms with Crippen LogP contribution in [0.1, 0.15) is 32.3 Å². The van der Waals surface area contributed by atoms with Crippen LogP contribution in [0.4, 0.5) is 0 Å². The summed E-state index contributed by atoms with van der Waals surface area (Å²) in [5.74, 6) is 3.74. The Morgan fingerprint density at radius 2 is 1.62 bits per heavy atom. The van der Waals surface area contributed by atoms with E-state index in [1.165, 1.54) is 12.8 Å². The van der Waals surface area contributed by atoms with E-state index < -0.39 is 0 Å². The van der Waals surface area contributed by atoms with E-state index in [0.717, 1.165) is 23.9 Å². The Labute approximate surface area is 127 Å². The fourth-order valence-corrected chi connectivity index (χ4v) is 2.87. The third kappa shape index (κ3) is 3.62. The van der Waals surface area contributed by atoms with Gasteiger partial charge in [0.05, 0.1) is 21.3 Å². The summed E-state index contributed by atoms with van der Waals surface area (Å²) in [5.41, 5.74) is 1.15. The normalized spacial score (nSPS) is 21.0. The summed E-state index contributed by atoms with van der Waals surface area (Å²) in [6, 6.07) is 4.65. The summed E-state index contributed by atoms with van der Waals surface area (Å²) < 4.78 is 16.1. The molecule has 0 saturated heterocycles. The quantitative estimate of drug-likeness (QED) is 0.838. The maximum absolute atomic E-state index is 5.38. The Balaban J connectivity index is 1.98. The number of benzene rings is 1. The predicted molar refractivity (Wildman–Crippen MR) is 84.3 cm³/mol. The first-order chi connectivity index (χ1) is 10.1. The van der Waals surface area contributed by atoms with Crippen LogP contribution in [0.15, 0.2) is 12.1 Å². The van der Waals surface area contributed by atoms with Crippen LogP contribution in [0.2, 0.25) is 0 Å². The second-order valence-corrected chi connectivity index (χ2v) is 6.09. The molecule has 1 aliphatic carbocycles. The lowest BCUT2D eigenvalue weighted by Crippen LogP contribution is -2.42. The average Bonchev–Trinajstić information content (AvgIpc) is 2.43. The second kappa shape index (κ2) is 7.03. The zero-order chi connectivity index (χ0) is 15.4. The molecule has 0 atom stereocenters. The average molecular weight is 293 g/mol. The highest BCUT2D eigenvalue weighted by Gasteiger charge is 2.30. The highest BCUT2D eigenvalue weighted by Crippen LogP contribution is 2.38. The lowest BCUT2D eigenvalue weighted by Gasteiger charge is -2.38. The Kier molecular flexibility index (Phi) is 5.34. The number of nitrogens with one attached hydrogen (secondary N) is 1. The van der Waals surface area contributed by atoms with Gasteiger partial charge in [0, 0.05) is 12.6 Å². The van der Waals surface area contributed by atoms with Gasteiger partial charge in [-0.15, -0.1) is 0 Å². The van der Waals surface area contributed by atoms with Gasteiger partial charge in [-0.3, -0.25) is 0 Å². The van der Waals surface area contributed by atoms with Crippen molar-refractivity contribution in [1.82, 2.24) is 5.32 Å². The van der Waals surface area contributed by atoms with Crippen LogP contribution < -0.4 is 19.5 Å². The summed E-state index contributed by atoms with van der Waals surface area (Å²) >= 11 is 0. The standard InChI is InChI=1S/C17H27NO3/c1-11(2)13-8-14(9-13)18-10-12-6-15(19-3)17(21-5)16(7-12)20-4/h6-7,11,13-14,18H,8-10H2,1-5H3. The van der Waals surface area contributed by atoms with Gasteiger partial charge < -0.3 is 19.5 Å². The molecule has 0 spiro atoms. The number of ether oxygens (including phenoxy) is 3. The molecule has 0 unspecified atom stereocenters. The number of rotatable bonds is 7. The summed E-state index contributed by atoms with van der Waals surface area (Å²) in [6.07, 6.45) is 2.56. The van der Waals surface area contributed by atoms with Crippen molar-refractivity contribution in [2.24, 2.45) is 11.8 Å². The van der Waals surface area contributed by atoms with Gasteiger partial charge in [-0.1, -0.05) is 13.8 Å². The molecule has 1 fully saturated rings. The van der Waals surface area contributed by atoms with Gasteiger partial charge >= 0.3 is 0 Å². The second-order valence-electron chi connectivity index (χ2n) is 6.09. The van der Waals surface area contributed by atoms with Gasteiger partial charge in [0.25, 0.3) is 0 Å². The van der Waals surface area contributed by atoms with E-state index in [2.05, 4.69) is 19.2 Å². The van der Waals surface area contributed by atoms with Gasteiger partial charge in [0.1, 0.15) is 0 Å². The molecule has 0 radical (unpaired) electrons. The van der Waals surface area contributed by atoms with E-state index in [0.29, 0.717) is 23.3 Å². The van der Waals surface area contributed by atoms with Crippen LogP contribution in [-0.2, 0) is 6.54 Å². The third-order valence-electron chi connectivity index (χ3n) is 4.44. The first kappa shape index (κ1) is 16.0. The fraction of sp³-hybridized carbons (Fsp3) is 0.647. The van der Waals surface area contributed by atoms with Crippen molar-refractivity contribution in [3.05, 3.63) is 17.7 Å². The van der Waals surface area contributed by atoms with Crippen molar-refractivity contribution >= 4 is 0 Å². The third-order valence-corrected chi connectivity index (χ3v) is 4.44. The Morgan fingerprint density at radius 1 is 1.05 bits per heavy atom. The van der Waals surface area contributed by atoms with Gasteiger partial charge in [-0.2, -0.15) is 0 Å². The number of methoxy groups -OCH3 is 3. The Bertz CT molecular complexity index is 442. The first-order valence-corrected chi connectivity index (χ1v) is 7.61. The zero-order valence-corrected chi connectivity index (χ0v) is 13.7. The molecule has 4 heteroatoms. The van der Waals surface area contributed by atoms with E-state index in [1.807, 2.05) is 12.1 Å². The van der Waals surface area contributed by atoms with Crippen LogP contribution in [0, 0.1) is 11.8 Å². The molecule has 1 aliphatic rings. The maximum Gasteiger partial charge on any atom is 0.203 e. The number of hydrogen-bond acceptors (Lipinski definition) is 4. The van der Waals surface area contributed by atoms with E-state index >= 15 is 0 Å². The van der Waals surface area contributed by atoms with Crippen molar-refractivity contribution in [1.29, 1.82) is 0 Å². The molecule has 1 aromatic carbocycles. The van der Waals surface area contributed by atoms with E-state index in [-0.39, 0.29) is 0 Å². The van der Waals surface area contributed by atoms with E-state index in [1.54, 1.807) is 21.3 Å². The molecule has 1 N–H and O–H groups in total. The van der Waals surface area contributed by atoms with Crippen LogP contribution in [0.3, 0.4) is 0 Å². The maximum atomic E-state index is 5.38. The van der Waals surface area contributed by atoms with Gasteiger partial charge in [0.15, 0.2) is 11.5 Å². The minimum atomic E-state index is 0.636. The summed E-state index contributed by atoms with van der Waals surface area (Å²) in [4.78, 5) is 0. The summed E-state index contributed by atoms with van der Waals surface area (Å²) in [5, 5.41) is 3.61. The largest absolute Gasteiger partial charge is 0.493 e. The van der Waals surface area contributed by atoms with Crippen molar-refractivity contribution in [2.75, 3.05) is 21.3 Å². The molecule has 21 heavy (non-hydrogen) atoms. The highest BCUT2D eigenvalue weighted by molar-refractivity contribution is 5.53. The van der Waals surface area contributed by atoms with Crippen molar-refractivity contribution in [2.45, 2.75) is 39.3 Å². The van der Waals surface area contributed by atoms with Gasteiger partial charge in [-0.05, 0) is 42.4 Å². The predicted octanol–water partition coefficient (Wildman–Crippen LogP) is 3.24. The molecule has 4 nitrogen and oxygen atoms in total. The van der Waals surface area contributed by atoms with Crippen molar-refractivity contribution in [3.8, 4) is 17.2 Å². The monoisotopic (exact) mass is 293 g/mol. The molecule has 1 aromatic rings. The summed E-state index contributed by atoms with van der Waals surface area (Å²) in [7, 11) is 4.92. The molecular weight excluding hydrogens is 266 g/mol. The lowest BCUT2D eigenvalue weighted by molar-refractivity contribution is 0.167. The minimum absolute atomic E-state index is 0.636. The zero-order valence-electron chi connectivity index (χ0n) is 13.7. The van der Waals surface area contributed by atoms with Crippen LogP contribution in [0.5, 0.6) is 17.2 Å². The molecular formula is C17H27NO3. The SMILES string of the molecule is COc1cc(CNC2CC(C(C)C)C2)cc(OC)c1OC. The highest BCUT2D eigenvalue weighted by atomic mass is 16.5. The van der Waals surface area contributed by atoms with Crippen LogP contribution in [-0.4, -0.2) is 27.4 Å². The molecule has 0 aliphatic heterocycles. The molecule has 0 aromatic heterocycles. The van der Waals surface area contributed by atoms with E-state index in [9.17, 15) is 0 Å². The van der Waals surface area contributed by atoms with Gasteiger partial charge in [-0.25, -0.2) is 0 Å². The Morgan fingerprint density at radius 3 is 2.05 bits per heavy atom. The van der Waals surface area contributed by atoms with E-state index in [4.69, 9.17) is 14.2 Å². The topological polar surface area (TPSA) is 39.7 Å². The summed E-state index contributed by atoms with van der Waals surface area (Å²) in [6.45, 7) is 5.44. The van der Waals surface area contributed by atoms with Crippen molar-refractivity contribution < 1.29 is 14.2 Å².